The van der Waals surface area contributed by atoms with Crippen LogP contribution in [0.4, 0.5) is 0 Å². The lowest BCUT2D eigenvalue weighted by Crippen LogP contribution is -2.42. The molecule has 1 N–H and O–H groups in total. The van der Waals surface area contributed by atoms with Gasteiger partial charge in [-0.15, -0.1) is 0 Å². The van der Waals surface area contributed by atoms with E-state index in [4.69, 9.17) is 14.6 Å². The molecule has 0 saturated heterocycles. The van der Waals surface area contributed by atoms with Crippen LogP contribution in [0.2, 0.25) is 0 Å². The molecular formula is C10H15NO5. The summed E-state index contributed by atoms with van der Waals surface area (Å²) in [7, 11) is 0. The smallest absolute Gasteiger partial charge is 0.323 e. The molecule has 1 rings (SSSR count). The van der Waals surface area contributed by atoms with E-state index in [-0.39, 0.29) is 18.3 Å². The Balaban J connectivity index is 2.73. The molecule has 0 spiro atoms. The molecule has 0 atom stereocenters. The van der Waals surface area contributed by atoms with Crippen LogP contribution in [0, 0.1) is 0 Å². The number of carbonyl (C=O) groups is 2. The summed E-state index contributed by atoms with van der Waals surface area (Å²) in [5.74, 6) is -1.46. The second-order valence-corrected chi connectivity index (χ2v) is 3.62. The molecule has 6 nitrogen and oxygen atoms in total. The maximum Gasteiger partial charge on any atom is 0.323 e. The molecule has 16 heavy (non-hydrogen) atoms. The first-order chi connectivity index (χ1) is 7.52. The van der Waals surface area contributed by atoms with Crippen LogP contribution in [0.3, 0.4) is 0 Å². The van der Waals surface area contributed by atoms with Gasteiger partial charge < -0.3 is 19.5 Å². The van der Waals surface area contributed by atoms with Crippen LogP contribution in [0.25, 0.3) is 0 Å². The average Bonchev–Trinajstić information content (AvgIpc) is 2.25. The Morgan fingerprint density at radius 1 is 1.50 bits per heavy atom. The molecule has 1 aliphatic rings. The number of hydrogen-bond donors (Lipinski definition) is 1. The largest absolute Gasteiger partial charge is 0.494 e. The van der Waals surface area contributed by atoms with E-state index < -0.39 is 11.9 Å². The van der Waals surface area contributed by atoms with Crippen molar-refractivity contribution in [1.82, 2.24) is 4.90 Å². The predicted octanol–water partition coefficient (Wildman–Crippen LogP) is 0.196. The van der Waals surface area contributed by atoms with Crippen molar-refractivity contribution in [3.05, 3.63) is 12.0 Å². The number of ether oxygens (including phenoxy) is 2. The normalized spacial score (nSPS) is 14.8. The second kappa shape index (κ2) is 5.39. The summed E-state index contributed by atoms with van der Waals surface area (Å²) in [5.41, 5.74) is 0. The van der Waals surface area contributed by atoms with Crippen molar-refractivity contribution in [2.75, 3.05) is 19.8 Å². The highest BCUT2D eigenvalue weighted by atomic mass is 16.6. The Kier molecular flexibility index (Phi) is 4.16. The van der Waals surface area contributed by atoms with Gasteiger partial charge in [0.25, 0.3) is 5.91 Å². The molecule has 0 fully saturated rings. The molecule has 0 aliphatic carbocycles. The lowest BCUT2D eigenvalue weighted by molar-refractivity contribution is -0.146. The van der Waals surface area contributed by atoms with Crippen LogP contribution >= 0.6 is 0 Å². The monoisotopic (exact) mass is 229 g/mol. The summed E-state index contributed by atoms with van der Waals surface area (Å²) in [4.78, 5) is 23.7. The van der Waals surface area contributed by atoms with Crippen LogP contribution in [-0.2, 0) is 19.1 Å². The number of rotatable bonds is 4. The topological polar surface area (TPSA) is 76.1 Å². The number of carbonyl (C=O) groups excluding carboxylic acids is 1. The second-order valence-electron chi connectivity index (χ2n) is 3.62. The van der Waals surface area contributed by atoms with Gasteiger partial charge >= 0.3 is 5.97 Å². The van der Waals surface area contributed by atoms with E-state index in [2.05, 4.69) is 0 Å². The van der Waals surface area contributed by atoms with Gasteiger partial charge in [0.15, 0.2) is 0 Å². The number of carboxylic acid groups (broad SMARTS) is 1. The molecule has 0 saturated carbocycles. The predicted molar refractivity (Wildman–Crippen MR) is 54.5 cm³/mol. The summed E-state index contributed by atoms with van der Waals surface area (Å²) in [6.45, 7) is 3.83. The van der Waals surface area contributed by atoms with E-state index in [0.717, 1.165) is 0 Å². The molecule has 0 aromatic heterocycles. The lowest BCUT2D eigenvalue weighted by atomic mass is 10.3. The number of aliphatic carboxylic acids is 1. The summed E-state index contributed by atoms with van der Waals surface area (Å²) in [6.07, 6.45) is 1.23. The van der Waals surface area contributed by atoms with Gasteiger partial charge in [-0.3, -0.25) is 9.59 Å². The zero-order valence-electron chi connectivity index (χ0n) is 9.30. The SMILES string of the molecule is CC(C)N(CC(=O)O)C(=O)C1=COCCO1. The Bertz CT molecular complexity index is 310. The van der Waals surface area contributed by atoms with Crippen LogP contribution in [-0.4, -0.2) is 47.7 Å². The van der Waals surface area contributed by atoms with E-state index in [1.165, 1.54) is 11.2 Å². The maximum absolute atomic E-state index is 11.9. The third-order valence-corrected chi connectivity index (χ3v) is 2.05. The molecular weight excluding hydrogens is 214 g/mol. The first-order valence-corrected chi connectivity index (χ1v) is 4.99. The minimum Gasteiger partial charge on any atom is -0.494 e. The highest BCUT2D eigenvalue weighted by Gasteiger charge is 2.25. The Morgan fingerprint density at radius 3 is 2.62 bits per heavy atom. The summed E-state index contributed by atoms with van der Waals surface area (Å²) in [5, 5.41) is 8.69. The maximum atomic E-state index is 11.9. The third-order valence-electron chi connectivity index (χ3n) is 2.05. The van der Waals surface area contributed by atoms with Gasteiger partial charge in [-0.05, 0) is 13.8 Å². The zero-order valence-corrected chi connectivity index (χ0v) is 9.30. The van der Waals surface area contributed by atoms with E-state index in [9.17, 15) is 9.59 Å². The molecule has 1 heterocycles. The Hall–Kier alpha value is -1.72. The van der Waals surface area contributed by atoms with Crippen LogP contribution in [0.15, 0.2) is 12.0 Å². The van der Waals surface area contributed by atoms with Crippen molar-refractivity contribution in [2.45, 2.75) is 19.9 Å². The minimum atomic E-state index is -1.06. The first-order valence-electron chi connectivity index (χ1n) is 4.99. The molecule has 0 bridgehead atoms. The number of hydrogen-bond acceptors (Lipinski definition) is 4. The fourth-order valence-electron chi connectivity index (χ4n) is 1.26. The quantitative estimate of drug-likeness (QED) is 0.745. The van der Waals surface area contributed by atoms with Crippen LogP contribution in [0.1, 0.15) is 13.8 Å². The number of carboxylic acids is 1. The van der Waals surface area contributed by atoms with Crippen molar-refractivity contribution in [3.8, 4) is 0 Å². The molecule has 1 amide bonds. The van der Waals surface area contributed by atoms with Crippen LogP contribution in [0.5, 0.6) is 0 Å². The van der Waals surface area contributed by atoms with Gasteiger partial charge in [-0.25, -0.2) is 0 Å². The van der Waals surface area contributed by atoms with Crippen molar-refractivity contribution >= 4 is 11.9 Å². The minimum absolute atomic E-state index is 0.0567. The summed E-state index contributed by atoms with van der Waals surface area (Å²) < 4.78 is 10.1. The molecule has 0 unspecified atom stereocenters. The van der Waals surface area contributed by atoms with Gasteiger partial charge in [-0.1, -0.05) is 0 Å². The molecule has 6 heteroatoms. The lowest BCUT2D eigenvalue weighted by Gasteiger charge is -2.26. The fourth-order valence-corrected chi connectivity index (χ4v) is 1.26. The van der Waals surface area contributed by atoms with E-state index >= 15 is 0 Å². The molecule has 90 valence electrons. The van der Waals surface area contributed by atoms with Crippen molar-refractivity contribution in [3.63, 3.8) is 0 Å². The van der Waals surface area contributed by atoms with E-state index in [0.29, 0.717) is 13.2 Å². The van der Waals surface area contributed by atoms with Crippen molar-refractivity contribution in [2.24, 2.45) is 0 Å². The van der Waals surface area contributed by atoms with E-state index in [1.807, 2.05) is 0 Å². The molecule has 0 aromatic carbocycles. The van der Waals surface area contributed by atoms with Gasteiger partial charge in [0.05, 0.1) is 0 Å². The molecule has 0 aromatic rings. The first kappa shape index (κ1) is 12.4. The summed E-state index contributed by atoms with van der Waals surface area (Å²) in [6, 6.07) is -0.213. The summed E-state index contributed by atoms with van der Waals surface area (Å²) >= 11 is 0. The number of nitrogens with zero attached hydrogens (tertiary/aromatic N) is 1. The van der Waals surface area contributed by atoms with Gasteiger partial charge in [0, 0.05) is 6.04 Å². The third kappa shape index (κ3) is 3.15. The average molecular weight is 229 g/mol. The zero-order chi connectivity index (χ0) is 12.1. The van der Waals surface area contributed by atoms with E-state index in [1.54, 1.807) is 13.8 Å². The van der Waals surface area contributed by atoms with Gasteiger partial charge in [0.2, 0.25) is 5.76 Å². The highest BCUT2D eigenvalue weighted by molar-refractivity contribution is 5.93. The van der Waals surface area contributed by atoms with Crippen molar-refractivity contribution in [1.29, 1.82) is 0 Å². The molecule has 1 aliphatic heterocycles. The van der Waals surface area contributed by atoms with Gasteiger partial charge in [0.1, 0.15) is 26.0 Å². The Morgan fingerprint density at radius 2 is 2.19 bits per heavy atom. The molecule has 0 radical (unpaired) electrons. The van der Waals surface area contributed by atoms with Crippen LogP contribution < -0.4 is 0 Å². The fraction of sp³-hybridized carbons (Fsp3) is 0.600. The highest BCUT2D eigenvalue weighted by Crippen LogP contribution is 2.11. The van der Waals surface area contributed by atoms with Gasteiger partial charge in [-0.2, -0.15) is 0 Å². The Labute approximate surface area is 93.4 Å². The standard InChI is InChI=1S/C10H15NO5/c1-7(2)11(5-9(12)13)10(14)8-6-15-3-4-16-8/h6-7H,3-5H2,1-2H3,(H,12,13). The number of amides is 1. The van der Waals surface area contributed by atoms with Crippen molar-refractivity contribution < 1.29 is 24.2 Å².